The van der Waals surface area contributed by atoms with Crippen LogP contribution in [0.15, 0.2) is 23.0 Å². The predicted octanol–water partition coefficient (Wildman–Crippen LogP) is 4.14. The zero-order valence-electron chi connectivity index (χ0n) is 30.2. The van der Waals surface area contributed by atoms with E-state index in [-0.39, 0.29) is 19.3 Å². The lowest BCUT2D eigenvalue weighted by Gasteiger charge is -2.77. The first-order chi connectivity index (χ1) is 23.3. The summed E-state index contributed by atoms with van der Waals surface area (Å²) in [4.78, 5) is 54.8. The fraction of sp³-hybridized carbons (Fsp3) is 0.784. The average Bonchev–Trinajstić information content (AvgIpc) is 3.74. The monoisotopic (exact) mass is 700 g/mol. The Bertz CT molecular complexity index is 1670. The second kappa shape index (κ2) is 9.90. The van der Waals surface area contributed by atoms with Gasteiger partial charge in [-0.15, -0.1) is 0 Å². The molecule has 2 spiro atoms. The van der Waals surface area contributed by atoms with E-state index in [0.29, 0.717) is 18.4 Å². The predicted molar refractivity (Wildman–Crippen MR) is 168 cm³/mol. The minimum atomic E-state index is -2.21. The molecule has 0 aromatic carbocycles. The number of methoxy groups -OCH3 is 1. The van der Waals surface area contributed by atoms with Gasteiger partial charge in [-0.1, -0.05) is 48.5 Å². The molecule has 50 heavy (non-hydrogen) atoms. The molecule has 13 nitrogen and oxygen atoms in total. The lowest BCUT2D eigenvalue weighted by Crippen LogP contribution is -2.93. The van der Waals surface area contributed by atoms with Crippen LogP contribution >= 0.6 is 0 Å². The third-order valence-corrected chi connectivity index (χ3v) is 14.3. The molecule has 4 aliphatic carbocycles. The molecule has 13 heteroatoms. The summed E-state index contributed by atoms with van der Waals surface area (Å²) in [5.74, 6) is -6.57. The molecule has 3 saturated heterocycles. The fourth-order valence-corrected chi connectivity index (χ4v) is 12.6. The van der Waals surface area contributed by atoms with E-state index in [1.165, 1.54) is 13.4 Å². The van der Waals surface area contributed by atoms with Crippen LogP contribution < -0.4 is 0 Å². The maximum absolute atomic E-state index is 13.9. The van der Waals surface area contributed by atoms with Crippen molar-refractivity contribution in [2.75, 3.05) is 7.11 Å². The second-order valence-electron chi connectivity index (χ2n) is 17.3. The first-order valence-corrected chi connectivity index (χ1v) is 17.8. The summed E-state index contributed by atoms with van der Waals surface area (Å²) in [6.45, 7) is 14.3. The zero-order valence-corrected chi connectivity index (χ0v) is 30.2. The maximum atomic E-state index is 13.9. The van der Waals surface area contributed by atoms with Crippen LogP contribution in [0, 0.1) is 39.9 Å². The standard InChI is InChI=1S/C37H48O13/c1-18(2)26(40)46-28-31(6)17-35-32(7,21(31)14-23(38)43-9)34-12-11-30(5)22(15-24(39)45-25(30)20-10-13-44-16-20)37(34,50-33(8,48-34)49-35)29(36(28,35)42)47-27(41)19(3)4/h10,13,16,18-19,21-22,25,28-29,42H,11-12,14-15,17H2,1-9H3/t21-,22+,25-,28-,29+,30+,31+,32-,33?,34-,35?,36-,37+/m0/s1. The van der Waals surface area contributed by atoms with Gasteiger partial charge in [0.15, 0.2) is 11.7 Å². The number of cyclic esters (lactones) is 1. The molecule has 1 aromatic rings. The number of hydrogen-bond acceptors (Lipinski definition) is 13. The minimum Gasteiger partial charge on any atom is -0.472 e. The van der Waals surface area contributed by atoms with Crippen LogP contribution in [0.5, 0.6) is 0 Å². The second-order valence-corrected chi connectivity index (χ2v) is 17.3. The molecule has 1 aromatic heterocycles. The topological polar surface area (TPSA) is 166 Å². The Morgan fingerprint density at radius 2 is 1.56 bits per heavy atom. The first kappa shape index (κ1) is 34.1. The van der Waals surface area contributed by atoms with Crippen LogP contribution in [0.4, 0.5) is 0 Å². The summed E-state index contributed by atoms with van der Waals surface area (Å²) < 4.78 is 51.1. The Morgan fingerprint density at radius 3 is 2.16 bits per heavy atom. The van der Waals surface area contributed by atoms with Crippen molar-refractivity contribution in [3.8, 4) is 0 Å². The Kier molecular flexibility index (Phi) is 6.75. The van der Waals surface area contributed by atoms with Gasteiger partial charge in [-0.05, 0) is 31.2 Å². The highest BCUT2D eigenvalue weighted by molar-refractivity contribution is 5.75. The molecule has 8 rings (SSSR count). The van der Waals surface area contributed by atoms with Crippen molar-refractivity contribution in [1.29, 1.82) is 0 Å². The molecule has 0 radical (unpaired) electrons. The minimum absolute atomic E-state index is 0.101. The van der Waals surface area contributed by atoms with Gasteiger partial charge in [-0.25, -0.2) is 0 Å². The Labute approximate surface area is 290 Å². The van der Waals surface area contributed by atoms with Gasteiger partial charge in [0.25, 0.3) is 5.97 Å². The number of furan rings is 1. The van der Waals surface area contributed by atoms with Gasteiger partial charge in [-0.3, -0.25) is 19.2 Å². The van der Waals surface area contributed by atoms with E-state index in [4.69, 9.17) is 37.6 Å². The molecule has 3 aliphatic heterocycles. The smallest absolute Gasteiger partial charge is 0.308 e. The van der Waals surface area contributed by atoms with E-state index in [1.54, 1.807) is 46.9 Å². The number of hydrogen-bond donors (Lipinski definition) is 1. The van der Waals surface area contributed by atoms with Gasteiger partial charge in [0.1, 0.15) is 29.0 Å². The fourth-order valence-electron chi connectivity index (χ4n) is 12.6. The molecule has 7 fully saturated rings. The van der Waals surface area contributed by atoms with Gasteiger partial charge in [0, 0.05) is 41.1 Å². The van der Waals surface area contributed by atoms with Gasteiger partial charge < -0.3 is 42.7 Å². The van der Waals surface area contributed by atoms with E-state index in [1.807, 2.05) is 20.8 Å². The molecule has 13 atom stereocenters. The largest absolute Gasteiger partial charge is 0.472 e. The average molecular weight is 701 g/mol. The number of aliphatic hydroxyl groups is 1. The molecule has 2 unspecified atom stereocenters. The Morgan fingerprint density at radius 1 is 0.920 bits per heavy atom. The molecule has 4 bridgehead atoms. The molecule has 7 aliphatic rings. The summed E-state index contributed by atoms with van der Waals surface area (Å²) in [6.07, 6.45) is 0.113. The number of carbonyl (C=O) groups excluding carboxylic acids is 4. The quantitative estimate of drug-likeness (QED) is 0.319. The van der Waals surface area contributed by atoms with E-state index in [2.05, 4.69) is 0 Å². The summed E-state index contributed by atoms with van der Waals surface area (Å²) in [6, 6.07) is 1.75. The van der Waals surface area contributed by atoms with Crippen LogP contribution in [0.1, 0.15) is 99.2 Å². The van der Waals surface area contributed by atoms with E-state index in [9.17, 15) is 24.3 Å². The van der Waals surface area contributed by atoms with Gasteiger partial charge in [-0.2, -0.15) is 0 Å². The van der Waals surface area contributed by atoms with Gasteiger partial charge in [0.2, 0.25) is 0 Å². The third kappa shape index (κ3) is 3.45. The molecule has 1 N–H and O–H groups in total. The highest BCUT2D eigenvalue weighted by Crippen LogP contribution is 2.89. The van der Waals surface area contributed by atoms with Crippen molar-refractivity contribution in [2.24, 2.45) is 39.9 Å². The number of rotatable bonds is 7. The molecular formula is C37H48O13. The number of ether oxygens (including phenoxy) is 7. The van der Waals surface area contributed by atoms with Crippen molar-refractivity contribution in [3.05, 3.63) is 24.2 Å². The van der Waals surface area contributed by atoms with E-state index >= 15 is 0 Å². The van der Waals surface area contributed by atoms with Crippen LogP contribution in [0.2, 0.25) is 0 Å². The Balaban J connectivity index is 1.46. The van der Waals surface area contributed by atoms with E-state index in [0.717, 1.165) is 0 Å². The SMILES string of the molecule is COC(=O)C[C@H]1[C@@]2(C)CC34OC5(C)O[C@]6([C@@H]7CC(=O)O[C@@H](c8ccoc8)[C@]7(C)CC[C@]6(O5)[C@]13C)[C@H](OC(=O)C(C)C)[C@@]4(O)[C@H]2OC(=O)C(C)C. The van der Waals surface area contributed by atoms with Crippen LogP contribution in [0.25, 0.3) is 0 Å². The number of fused-ring (bicyclic) bond motifs is 3. The molecular weight excluding hydrogens is 652 g/mol. The first-order valence-electron chi connectivity index (χ1n) is 17.8. The highest BCUT2D eigenvalue weighted by atomic mass is 16.9. The number of esters is 4. The van der Waals surface area contributed by atoms with Crippen molar-refractivity contribution in [3.63, 3.8) is 0 Å². The number of carbonyl (C=O) groups is 4. The lowest BCUT2D eigenvalue weighted by molar-refractivity contribution is -0.478. The molecule has 0 amide bonds. The van der Waals surface area contributed by atoms with Crippen molar-refractivity contribution >= 4 is 23.9 Å². The van der Waals surface area contributed by atoms with Crippen molar-refractivity contribution in [1.82, 2.24) is 0 Å². The summed E-state index contributed by atoms with van der Waals surface area (Å²) in [5.41, 5.74) is -9.45. The van der Waals surface area contributed by atoms with Crippen LogP contribution in [-0.2, 0) is 52.3 Å². The van der Waals surface area contributed by atoms with Crippen LogP contribution in [0.3, 0.4) is 0 Å². The van der Waals surface area contributed by atoms with Crippen molar-refractivity contribution in [2.45, 2.75) is 134 Å². The molecule has 4 saturated carbocycles. The van der Waals surface area contributed by atoms with E-state index < -0.39 is 110 Å². The molecule has 274 valence electrons. The summed E-state index contributed by atoms with van der Waals surface area (Å²) in [7, 11) is 1.32. The lowest BCUT2D eigenvalue weighted by atomic mass is 9.33. The van der Waals surface area contributed by atoms with Crippen molar-refractivity contribution < 1.29 is 61.9 Å². The Hall–Kier alpha value is -3.00. The third-order valence-electron chi connectivity index (χ3n) is 14.3. The summed E-state index contributed by atoms with van der Waals surface area (Å²) in [5, 5.41) is 13.9. The highest BCUT2D eigenvalue weighted by Gasteiger charge is 3.04. The van der Waals surface area contributed by atoms with Gasteiger partial charge in [0.05, 0.1) is 37.9 Å². The summed E-state index contributed by atoms with van der Waals surface area (Å²) >= 11 is 0. The maximum Gasteiger partial charge on any atom is 0.308 e. The van der Waals surface area contributed by atoms with Crippen LogP contribution in [-0.4, -0.2) is 76.7 Å². The zero-order chi connectivity index (χ0) is 36.2. The normalized spacial score (nSPS) is 50.6. The molecule has 4 heterocycles. The van der Waals surface area contributed by atoms with Gasteiger partial charge >= 0.3 is 23.9 Å².